The predicted molar refractivity (Wildman–Crippen MR) is 43.5 cm³/mol. The Labute approximate surface area is 67.5 Å². The molecule has 0 atom stereocenters. The second-order valence-corrected chi connectivity index (χ2v) is 9.55. The van der Waals surface area contributed by atoms with E-state index in [4.69, 9.17) is 33.7 Å². The molecule has 0 spiro atoms. The predicted octanol–water partition coefficient (Wildman–Crippen LogP) is 2.86. The van der Waals surface area contributed by atoms with Crippen LogP contribution in [0.1, 0.15) is 0 Å². The first-order valence-corrected chi connectivity index (χ1v) is 7.14. The third kappa shape index (κ3) is 1.98. The first-order chi connectivity index (χ1) is 4.11. The fraction of sp³-hybridized carbons (Fsp3) is 0. The Balaban J connectivity index is 2.90. The summed E-state index contributed by atoms with van der Waals surface area (Å²) in [5, 5.41) is 0. The SMILES string of the molecule is Cl[PH](Cl)(Cl)n1ccnc1. The van der Waals surface area contributed by atoms with Gasteiger partial charge in [0.2, 0.25) is 0 Å². The molecular formula is C3H4Cl3N2P. The summed E-state index contributed by atoms with van der Waals surface area (Å²) in [5.74, 6) is 0. The Bertz CT molecular complexity index is 179. The van der Waals surface area contributed by atoms with Crippen LogP contribution in [0.4, 0.5) is 0 Å². The molecule has 1 rings (SSSR count). The van der Waals surface area contributed by atoms with Crippen molar-refractivity contribution in [2.24, 2.45) is 0 Å². The van der Waals surface area contributed by atoms with Crippen LogP contribution in [-0.4, -0.2) is 9.32 Å². The molecule has 0 fully saturated rings. The first-order valence-electron chi connectivity index (χ1n) is 2.16. The number of hydrogen-bond acceptors (Lipinski definition) is 1. The molecule has 0 unspecified atom stereocenters. The number of rotatable bonds is 1. The summed E-state index contributed by atoms with van der Waals surface area (Å²) in [6, 6.07) is 0. The van der Waals surface area contributed by atoms with Gasteiger partial charge in [-0.05, 0) is 0 Å². The number of imidazole rings is 1. The van der Waals surface area contributed by atoms with E-state index < -0.39 is 5.47 Å². The zero-order chi connectivity index (χ0) is 6.91. The van der Waals surface area contributed by atoms with E-state index in [2.05, 4.69) is 4.98 Å². The van der Waals surface area contributed by atoms with E-state index in [0.29, 0.717) is 0 Å². The average molecular weight is 205 g/mol. The molecule has 0 aliphatic carbocycles. The van der Waals surface area contributed by atoms with Crippen molar-refractivity contribution in [2.75, 3.05) is 0 Å². The van der Waals surface area contributed by atoms with Gasteiger partial charge in [-0.25, -0.2) is 0 Å². The van der Waals surface area contributed by atoms with Gasteiger partial charge < -0.3 is 0 Å². The van der Waals surface area contributed by atoms with Gasteiger partial charge >= 0.3 is 67.2 Å². The number of hydrogen-bond donors (Lipinski definition) is 0. The van der Waals surface area contributed by atoms with Crippen molar-refractivity contribution in [1.82, 2.24) is 9.32 Å². The van der Waals surface area contributed by atoms with Crippen molar-refractivity contribution in [3.8, 4) is 0 Å². The second-order valence-electron chi connectivity index (χ2n) is 1.44. The molecule has 6 heteroatoms. The maximum absolute atomic E-state index is 5.59. The monoisotopic (exact) mass is 204 g/mol. The van der Waals surface area contributed by atoms with Crippen LogP contribution in [0.3, 0.4) is 0 Å². The van der Waals surface area contributed by atoms with E-state index in [9.17, 15) is 0 Å². The van der Waals surface area contributed by atoms with E-state index in [-0.39, 0.29) is 0 Å². The molecule has 0 N–H and O–H groups in total. The van der Waals surface area contributed by atoms with Crippen LogP contribution >= 0.6 is 39.2 Å². The minimum absolute atomic E-state index is 1.50. The molecule has 0 saturated carbocycles. The Morgan fingerprint density at radius 3 is 2.22 bits per heavy atom. The summed E-state index contributed by atoms with van der Waals surface area (Å²) in [5.41, 5.74) is -2.71. The third-order valence-electron chi connectivity index (χ3n) is 0.797. The minimum atomic E-state index is -2.71. The van der Waals surface area contributed by atoms with Gasteiger partial charge in [0.05, 0.1) is 0 Å². The Morgan fingerprint density at radius 2 is 2.00 bits per heavy atom. The molecule has 9 heavy (non-hydrogen) atoms. The number of halogens is 3. The van der Waals surface area contributed by atoms with E-state index in [0.717, 1.165) is 0 Å². The molecule has 1 aromatic heterocycles. The normalized spacial score (nSPS) is 13.7. The molecule has 0 radical (unpaired) electrons. The maximum atomic E-state index is 5.59. The van der Waals surface area contributed by atoms with Crippen LogP contribution in [0.15, 0.2) is 18.7 Å². The molecule has 0 aliphatic rings. The van der Waals surface area contributed by atoms with Crippen molar-refractivity contribution in [3.05, 3.63) is 18.7 Å². The molecule has 0 aromatic carbocycles. The molecule has 0 bridgehead atoms. The molecule has 2 nitrogen and oxygen atoms in total. The summed E-state index contributed by atoms with van der Waals surface area (Å²) < 4.78 is 1.51. The number of nitrogens with zero attached hydrogens (tertiary/aromatic N) is 2. The number of aromatic nitrogens is 2. The van der Waals surface area contributed by atoms with Gasteiger partial charge in [0.1, 0.15) is 0 Å². The summed E-state index contributed by atoms with van der Waals surface area (Å²) >= 11 is 16.8. The van der Waals surface area contributed by atoms with Crippen molar-refractivity contribution < 1.29 is 0 Å². The van der Waals surface area contributed by atoms with Crippen LogP contribution < -0.4 is 0 Å². The van der Waals surface area contributed by atoms with Crippen LogP contribution in [0.5, 0.6) is 0 Å². The summed E-state index contributed by atoms with van der Waals surface area (Å²) in [6.07, 6.45) is 4.72. The van der Waals surface area contributed by atoms with Crippen LogP contribution in [0, 0.1) is 0 Å². The zero-order valence-electron chi connectivity index (χ0n) is 4.26. The Kier molecular flexibility index (Phi) is 2.23. The van der Waals surface area contributed by atoms with Gasteiger partial charge in [-0.3, -0.25) is 0 Å². The summed E-state index contributed by atoms with van der Waals surface area (Å²) in [6.45, 7) is 0. The standard InChI is InChI=1S/C3H4Cl3N2P/c4-9(5,6)8-2-1-7-3-8/h1-3,9H. The van der Waals surface area contributed by atoms with Gasteiger partial charge in [0.25, 0.3) is 0 Å². The molecule has 0 aliphatic heterocycles. The fourth-order valence-electron chi connectivity index (χ4n) is 0.409. The summed E-state index contributed by atoms with van der Waals surface area (Å²) in [4.78, 5) is 3.73. The van der Waals surface area contributed by atoms with Crippen LogP contribution in [0.25, 0.3) is 0 Å². The van der Waals surface area contributed by atoms with Crippen LogP contribution in [0.2, 0.25) is 0 Å². The van der Waals surface area contributed by atoms with Crippen molar-refractivity contribution in [1.29, 1.82) is 0 Å². The Morgan fingerprint density at radius 1 is 1.33 bits per heavy atom. The molecule has 1 heterocycles. The van der Waals surface area contributed by atoms with Crippen LogP contribution in [-0.2, 0) is 0 Å². The second kappa shape index (κ2) is 2.63. The van der Waals surface area contributed by atoms with Crippen molar-refractivity contribution in [3.63, 3.8) is 0 Å². The zero-order valence-corrected chi connectivity index (χ0v) is 7.53. The molecule has 0 amide bonds. The first kappa shape index (κ1) is 7.62. The van der Waals surface area contributed by atoms with Gasteiger partial charge in [-0.1, -0.05) is 0 Å². The topological polar surface area (TPSA) is 17.8 Å². The van der Waals surface area contributed by atoms with Crippen molar-refractivity contribution >= 4 is 39.2 Å². The molecular weight excluding hydrogens is 201 g/mol. The average Bonchev–Trinajstić information content (AvgIpc) is 2.08. The van der Waals surface area contributed by atoms with Gasteiger partial charge in [-0.15, -0.1) is 0 Å². The quantitative estimate of drug-likeness (QED) is 0.645. The Hall–Kier alpha value is 0.510. The molecule has 52 valence electrons. The van der Waals surface area contributed by atoms with E-state index in [1.807, 2.05) is 0 Å². The van der Waals surface area contributed by atoms with Gasteiger partial charge in [-0.2, -0.15) is 0 Å². The molecule has 0 saturated heterocycles. The van der Waals surface area contributed by atoms with E-state index >= 15 is 0 Å². The summed E-state index contributed by atoms with van der Waals surface area (Å²) in [7, 11) is 0. The van der Waals surface area contributed by atoms with Gasteiger partial charge in [0, 0.05) is 0 Å². The van der Waals surface area contributed by atoms with E-state index in [1.165, 1.54) is 10.7 Å². The third-order valence-corrected chi connectivity index (χ3v) is 3.40. The van der Waals surface area contributed by atoms with Crippen molar-refractivity contribution in [2.45, 2.75) is 0 Å². The van der Waals surface area contributed by atoms with Gasteiger partial charge in [0.15, 0.2) is 0 Å². The molecule has 1 aromatic rings. The fourth-order valence-corrected chi connectivity index (χ4v) is 1.74. The van der Waals surface area contributed by atoms with E-state index in [1.54, 1.807) is 12.4 Å².